The molecule has 7 aromatic carbocycles. The number of ether oxygens (including phenoxy) is 1. The molecule has 0 fully saturated rings. The number of Topliss-reactive ketones (excluding diaryl/α,β-unsaturated/α-hetero) is 1. The Morgan fingerprint density at radius 1 is 0.449 bits per heavy atom. The molecule has 524 valence electrons. The number of nitrogens with zero attached hydrogens (tertiary/aromatic N) is 11. The van der Waals surface area contributed by atoms with Crippen molar-refractivity contribution < 1.29 is 68.7 Å². The van der Waals surface area contributed by atoms with Crippen molar-refractivity contribution in [2.45, 2.75) is 13.8 Å². The summed E-state index contributed by atoms with van der Waals surface area (Å²) in [5.74, 6) is -1.29. The largest absolute Gasteiger partial charge is 1.00 e. The zero-order valence-electron chi connectivity index (χ0n) is 57.0. The third kappa shape index (κ3) is 21.3. The molecule has 107 heavy (non-hydrogen) atoms. The van der Waals surface area contributed by atoms with Gasteiger partial charge in [0.05, 0.1) is 94.5 Å². The van der Waals surface area contributed by atoms with E-state index in [-0.39, 0.29) is 41.7 Å². The average molecular weight is 1670 g/mol. The molecular formula is C79H58B2Br2ClILiN11O10. The molecule has 0 spiro atoms. The van der Waals surface area contributed by atoms with Crippen LogP contribution in [0.15, 0.2) is 277 Å². The molecule has 0 atom stereocenters. The van der Waals surface area contributed by atoms with Gasteiger partial charge in [0.1, 0.15) is 26.3 Å². The van der Waals surface area contributed by atoms with Crippen molar-refractivity contribution in [3.05, 3.63) is 319 Å². The number of halogens is 4. The predicted octanol–water partition coefficient (Wildman–Crippen LogP) is 11.7. The number of nitriles is 3. The van der Waals surface area contributed by atoms with Gasteiger partial charge in [-0.2, -0.15) is 15.8 Å². The molecule has 21 nitrogen and oxygen atoms in total. The Labute approximate surface area is 661 Å². The Morgan fingerprint density at radius 2 is 0.766 bits per heavy atom. The van der Waals surface area contributed by atoms with Crippen LogP contribution >= 0.6 is 66.1 Å². The number of fused-ring (bicyclic) bond motifs is 4. The summed E-state index contributed by atoms with van der Waals surface area (Å²) in [6.45, 7) is 3.61. The van der Waals surface area contributed by atoms with Crippen LogP contribution in [0.1, 0.15) is 61.6 Å². The number of hydrogen-bond donors (Lipinski definition) is 5. The third-order valence-corrected chi connectivity index (χ3v) is 17.8. The summed E-state index contributed by atoms with van der Waals surface area (Å²) in [5, 5.41) is 71.0. The molecule has 0 saturated carbocycles. The summed E-state index contributed by atoms with van der Waals surface area (Å²) in [4.78, 5) is 51.1. The van der Waals surface area contributed by atoms with Crippen molar-refractivity contribution in [1.29, 1.82) is 15.8 Å². The van der Waals surface area contributed by atoms with E-state index in [0.29, 0.717) is 50.4 Å². The molecule has 15 rings (SSSR count). The van der Waals surface area contributed by atoms with Crippen molar-refractivity contribution in [1.82, 2.24) is 37.5 Å². The fraction of sp³-hybridized carbons (Fsp3) is 0.0380. The monoisotopic (exact) mass is 1670 g/mol. The van der Waals surface area contributed by atoms with Crippen LogP contribution in [0.25, 0.3) is 78.6 Å². The zero-order valence-corrected chi connectivity index (χ0v) is 63.1. The number of pyridine rings is 4. The van der Waals surface area contributed by atoms with Crippen molar-refractivity contribution in [3.8, 4) is 74.2 Å². The Balaban J connectivity index is 0.000000168. The summed E-state index contributed by atoms with van der Waals surface area (Å²) in [5.41, 5.74) is 17.4. The maximum atomic E-state index is 11.8. The molecule has 28 heteroatoms. The van der Waals surface area contributed by atoms with Gasteiger partial charge in [-0.05, 0) is 223 Å². The minimum atomic E-state index is -1.47. The smallest absolute Gasteiger partial charge is 0.870 e. The van der Waals surface area contributed by atoms with Gasteiger partial charge in [-0.3, -0.25) is 22.4 Å². The van der Waals surface area contributed by atoms with Crippen molar-refractivity contribution >= 4 is 132 Å². The first-order valence-electron chi connectivity index (χ1n) is 31.8. The Morgan fingerprint density at radius 3 is 1.13 bits per heavy atom. The topological polar surface area (TPSA) is 332 Å². The molecule has 8 aromatic heterocycles. The molecule has 0 unspecified atom stereocenters. The predicted molar refractivity (Wildman–Crippen MR) is 423 cm³/mol. The van der Waals surface area contributed by atoms with Gasteiger partial charge in [-0.15, -0.1) is 0 Å². The van der Waals surface area contributed by atoms with Gasteiger partial charge in [0.15, 0.2) is 5.78 Å². The van der Waals surface area contributed by atoms with Crippen LogP contribution in [0.5, 0.6) is 0 Å². The number of aromatic nitrogens is 8. The van der Waals surface area contributed by atoms with E-state index in [1.165, 1.54) is 19.1 Å². The number of esters is 1. The summed E-state index contributed by atoms with van der Waals surface area (Å²) < 4.78 is 16.3. The van der Waals surface area contributed by atoms with Crippen LogP contribution < -0.4 is 29.8 Å². The fourth-order valence-corrected chi connectivity index (χ4v) is 11.6. The first kappa shape index (κ1) is 81.6. The SMILES string of the molecule is Brc1ccc2ncc(I)n2c1.CC(=O)c1ccc(B(O)O)cc1.CCOC(=O)c1ccc(-c2ccc3ncc(-c4ccc(C#N)cc4)n3c2)cc1.N#Cc1ccc(-c2cnc3ccc(-c4ccc(C(=O)O)cc4)cn23)cc1.N#Cc1ccc(-c2cnc3ccc(Br)cn23)cc1.OB(O)c1ccc(Cl)cc1.[Li+].[OH-]. The number of rotatable bonds is 11. The second-order valence-corrected chi connectivity index (χ2v) is 26.1. The van der Waals surface area contributed by atoms with Crippen LogP contribution in [-0.4, -0.2) is 107 Å². The van der Waals surface area contributed by atoms with Crippen LogP contribution in [0.4, 0.5) is 0 Å². The van der Waals surface area contributed by atoms with E-state index in [4.69, 9.17) is 57.3 Å². The minimum absolute atomic E-state index is 0. The molecule has 0 radical (unpaired) electrons. The number of aromatic carboxylic acids is 1. The van der Waals surface area contributed by atoms with Crippen molar-refractivity contribution in [2.75, 3.05) is 6.61 Å². The number of benzene rings is 7. The van der Waals surface area contributed by atoms with Gasteiger partial charge < -0.3 is 35.4 Å². The van der Waals surface area contributed by atoms with Gasteiger partial charge in [0.2, 0.25) is 0 Å². The normalized spacial score (nSPS) is 10.2. The summed E-state index contributed by atoms with van der Waals surface area (Å²) >= 11 is 14.7. The number of ketones is 1. The van der Waals surface area contributed by atoms with Crippen molar-refractivity contribution in [2.24, 2.45) is 0 Å². The molecule has 0 aliphatic heterocycles. The van der Waals surface area contributed by atoms with E-state index >= 15 is 0 Å². The van der Waals surface area contributed by atoms with E-state index in [0.717, 1.165) is 91.3 Å². The molecule has 0 aliphatic carbocycles. The first-order valence-corrected chi connectivity index (χ1v) is 34.8. The standard InChI is InChI=1S/C23H17N3O2.C21H13N3O2.C14H8BrN3.C8H9BO3.C7H4BrIN2.C6H6BClO2.Li.H2O/c1-2-28-23(27)19-9-7-17(8-10-19)20-11-12-22-25-14-21(26(22)15-20)18-5-3-16(13-24)4-6-18;22-11-14-1-3-16(4-2-14)19-12-23-20-10-9-18(13-24(19)20)15-5-7-17(8-6-15)21(25)26;15-12-5-6-14-17-8-13(18(14)9-12)11-3-1-10(7-16)2-4-11;1-6(10)7-2-4-8(5-3-7)9(11)12;8-5-1-2-7-10-3-6(9)11(7)4-5;8-6-3-1-5(2-4-6)7(9)10;;/h3-12,14-15H,2H2,1H3;1-10,12-13H,(H,25,26);1-6,8-9H;2-5,11-12H,1H3;1-4H;1-4,9-10H;;1H2/q;;;;;;+1;/p-1. The molecule has 15 aromatic rings. The maximum absolute atomic E-state index is 11.8. The maximum Gasteiger partial charge on any atom is 1.00 e. The van der Waals surface area contributed by atoms with Gasteiger partial charge in [-0.1, -0.05) is 109 Å². The second-order valence-electron chi connectivity index (χ2n) is 22.7. The van der Waals surface area contributed by atoms with E-state index < -0.39 is 20.2 Å². The van der Waals surface area contributed by atoms with Crippen LogP contribution in [0.2, 0.25) is 5.02 Å². The minimum Gasteiger partial charge on any atom is -0.870 e. The molecular weight excluding hydrogens is 1610 g/mol. The number of imidazole rings is 4. The van der Waals surface area contributed by atoms with Crippen LogP contribution in [0, 0.1) is 37.7 Å². The van der Waals surface area contributed by atoms with Gasteiger partial charge in [0.25, 0.3) is 0 Å². The Kier molecular flexibility index (Phi) is 29.5. The Hall–Kier alpha value is -11.1. The second kappa shape index (κ2) is 38.8. The molecule has 0 amide bonds. The number of hydrogen-bond acceptors (Lipinski definition) is 16. The van der Waals surface area contributed by atoms with Gasteiger partial charge in [-0.25, -0.2) is 29.5 Å². The van der Waals surface area contributed by atoms with Crippen LogP contribution in [-0.2, 0) is 4.74 Å². The number of carbonyl (C=O) groups excluding carboxylic acids is 2. The van der Waals surface area contributed by atoms with Gasteiger partial charge in [0, 0.05) is 61.0 Å². The average Bonchev–Trinajstić information content (AvgIpc) is 1.69. The molecule has 6 N–H and O–H groups in total. The van der Waals surface area contributed by atoms with E-state index in [1.807, 2.05) is 170 Å². The zero-order chi connectivity index (χ0) is 74.7. The quantitative estimate of drug-likeness (QED) is 0.0348. The summed E-state index contributed by atoms with van der Waals surface area (Å²) in [6, 6.07) is 71.0. The van der Waals surface area contributed by atoms with E-state index in [1.54, 1.807) is 110 Å². The molecule has 0 aliphatic rings. The first-order chi connectivity index (χ1) is 50.7. The number of carboxylic acids is 1. The summed E-state index contributed by atoms with van der Waals surface area (Å²) in [6.07, 6.45) is 15.3. The van der Waals surface area contributed by atoms with Crippen molar-refractivity contribution in [3.63, 3.8) is 0 Å². The number of carbonyl (C=O) groups is 3. The summed E-state index contributed by atoms with van der Waals surface area (Å²) in [7, 11) is -2.87. The van der Waals surface area contributed by atoms with E-state index in [2.05, 4.69) is 92.6 Å². The Bertz CT molecular complexity index is 5700. The number of carboxylic acid groups (broad SMARTS) is 1. The van der Waals surface area contributed by atoms with E-state index in [9.17, 15) is 14.4 Å². The van der Waals surface area contributed by atoms with Crippen LogP contribution in [0.3, 0.4) is 0 Å². The molecule has 8 heterocycles. The fourth-order valence-electron chi connectivity index (χ4n) is 10.3. The third-order valence-electron chi connectivity index (χ3n) is 15.8. The molecule has 0 saturated heterocycles. The molecule has 0 bridgehead atoms. The van der Waals surface area contributed by atoms with Gasteiger partial charge >= 0.3 is 45.0 Å².